The summed E-state index contributed by atoms with van der Waals surface area (Å²) < 4.78 is 18.9. The Morgan fingerprint density at radius 1 is 1.17 bits per heavy atom. The minimum absolute atomic E-state index is 0.197. The van der Waals surface area contributed by atoms with Crippen molar-refractivity contribution in [1.82, 2.24) is 4.90 Å². The van der Waals surface area contributed by atoms with Crippen molar-refractivity contribution in [2.75, 3.05) is 44.2 Å². The maximum absolute atomic E-state index is 13.0. The molecular weight excluding hydrogens is 307 g/mol. The number of β-amino-alcohol motifs (C(OH)–C–C–N with tert-alkyl or cyclic N) is 1. The highest BCUT2D eigenvalue weighted by atomic mass is 19.1. The second kappa shape index (κ2) is 8.28. The van der Waals surface area contributed by atoms with Crippen LogP contribution >= 0.6 is 0 Å². The van der Waals surface area contributed by atoms with Gasteiger partial charge in [0.15, 0.2) is 0 Å². The first-order chi connectivity index (χ1) is 11.6. The van der Waals surface area contributed by atoms with Crippen LogP contribution in [0.2, 0.25) is 0 Å². The molecule has 1 aromatic carbocycles. The standard InChI is InChI=1S/C19H29FN2O2/c1-15-3-2-4-19(15)24-14-18(23)13-21-9-11-22(12-10-21)17-7-5-16(20)6-8-17/h5-8,15,18-19,23H,2-4,9-14H2,1H3/t15-,18+,19+/m1/s1. The van der Waals surface area contributed by atoms with Crippen molar-refractivity contribution >= 4 is 5.69 Å². The molecule has 0 bridgehead atoms. The Kier molecular flexibility index (Phi) is 6.09. The Bertz CT molecular complexity index is 503. The van der Waals surface area contributed by atoms with E-state index >= 15 is 0 Å². The Labute approximate surface area is 144 Å². The summed E-state index contributed by atoms with van der Waals surface area (Å²) in [6.45, 7) is 6.96. The summed E-state index contributed by atoms with van der Waals surface area (Å²) in [5.74, 6) is 0.425. The number of rotatable bonds is 6. The van der Waals surface area contributed by atoms with Crippen LogP contribution in [0.15, 0.2) is 24.3 Å². The van der Waals surface area contributed by atoms with Gasteiger partial charge in [-0.25, -0.2) is 4.39 Å². The van der Waals surface area contributed by atoms with Gasteiger partial charge in [-0.1, -0.05) is 13.3 Å². The largest absolute Gasteiger partial charge is 0.389 e. The molecule has 1 N–H and O–H groups in total. The first-order valence-corrected chi connectivity index (χ1v) is 9.14. The lowest BCUT2D eigenvalue weighted by molar-refractivity contribution is -0.0321. The highest BCUT2D eigenvalue weighted by Gasteiger charge is 2.25. The third kappa shape index (κ3) is 4.68. The third-order valence-electron chi connectivity index (χ3n) is 5.32. The van der Waals surface area contributed by atoms with Crippen molar-refractivity contribution in [3.05, 3.63) is 30.1 Å². The third-order valence-corrected chi connectivity index (χ3v) is 5.32. The number of benzene rings is 1. The fourth-order valence-electron chi connectivity index (χ4n) is 3.78. The van der Waals surface area contributed by atoms with E-state index < -0.39 is 6.10 Å². The molecular formula is C19H29FN2O2. The SMILES string of the molecule is C[C@@H]1CCC[C@@H]1OC[C@@H](O)CN1CCN(c2ccc(F)cc2)CC1. The molecule has 0 radical (unpaired) electrons. The normalized spacial score (nSPS) is 26.7. The molecule has 1 heterocycles. The second-order valence-corrected chi connectivity index (χ2v) is 7.20. The van der Waals surface area contributed by atoms with Crippen molar-refractivity contribution in [3.63, 3.8) is 0 Å². The number of hydrogen-bond acceptors (Lipinski definition) is 4. The lowest BCUT2D eigenvalue weighted by atomic mass is 10.1. The summed E-state index contributed by atoms with van der Waals surface area (Å²) in [4.78, 5) is 4.55. The number of nitrogens with zero attached hydrogens (tertiary/aromatic N) is 2. The van der Waals surface area contributed by atoms with E-state index in [4.69, 9.17) is 4.74 Å². The van der Waals surface area contributed by atoms with Crippen molar-refractivity contribution in [2.45, 2.75) is 38.4 Å². The van der Waals surface area contributed by atoms with E-state index in [-0.39, 0.29) is 5.82 Å². The molecule has 3 atom stereocenters. The lowest BCUT2D eigenvalue weighted by Crippen LogP contribution is -2.49. The van der Waals surface area contributed by atoms with E-state index in [0.29, 0.717) is 25.2 Å². The van der Waals surface area contributed by atoms with Gasteiger partial charge < -0.3 is 14.7 Å². The Morgan fingerprint density at radius 2 is 1.88 bits per heavy atom. The summed E-state index contributed by atoms with van der Waals surface area (Å²) >= 11 is 0. The van der Waals surface area contributed by atoms with Crippen molar-refractivity contribution < 1.29 is 14.2 Å². The molecule has 0 amide bonds. The van der Waals surface area contributed by atoms with Crippen molar-refractivity contribution in [1.29, 1.82) is 0 Å². The number of piperazine rings is 1. The molecule has 0 unspecified atom stereocenters. The minimum Gasteiger partial charge on any atom is -0.389 e. The van der Waals surface area contributed by atoms with Crippen LogP contribution in [-0.4, -0.2) is 61.5 Å². The monoisotopic (exact) mass is 336 g/mol. The maximum Gasteiger partial charge on any atom is 0.123 e. The zero-order valence-electron chi connectivity index (χ0n) is 14.5. The summed E-state index contributed by atoms with van der Waals surface area (Å²) in [5.41, 5.74) is 1.06. The van der Waals surface area contributed by atoms with E-state index in [2.05, 4.69) is 16.7 Å². The highest BCUT2D eigenvalue weighted by molar-refractivity contribution is 5.46. The molecule has 0 spiro atoms. The van der Waals surface area contributed by atoms with Crippen LogP contribution in [0.5, 0.6) is 0 Å². The first kappa shape index (κ1) is 17.6. The van der Waals surface area contributed by atoms with Gasteiger partial charge in [0.05, 0.1) is 18.8 Å². The fraction of sp³-hybridized carbons (Fsp3) is 0.684. The Balaban J connectivity index is 1.37. The van der Waals surface area contributed by atoms with Gasteiger partial charge in [0.1, 0.15) is 5.82 Å². The molecule has 0 aromatic heterocycles. The average molecular weight is 336 g/mol. The number of ether oxygens (including phenoxy) is 1. The van der Waals surface area contributed by atoms with E-state index in [9.17, 15) is 9.50 Å². The van der Waals surface area contributed by atoms with Crippen LogP contribution in [-0.2, 0) is 4.74 Å². The number of aliphatic hydroxyl groups excluding tert-OH is 1. The zero-order valence-corrected chi connectivity index (χ0v) is 14.5. The quantitative estimate of drug-likeness (QED) is 0.866. The van der Waals surface area contributed by atoms with Crippen molar-refractivity contribution in [3.8, 4) is 0 Å². The number of halogens is 1. The van der Waals surface area contributed by atoms with Crippen LogP contribution in [0.1, 0.15) is 26.2 Å². The van der Waals surface area contributed by atoms with E-state index in [1.54, 1.807) is 0 Å². The molecule has 1 aromatic rings. The molecule has 1 aliphatic carbocycles. The minimum atomic E-state index is -0.421. The molecule has 4 nitrogen and oxygen atoms in total. The van der Waals surface area contributed by atoms with Crippen LogP contribution < -0.4 is 4.90 Å². The van der Waals surface area contributed by atoms with Gasteiger partial charge in [-0.15, -0.1) is 0 Å². The van der Waals surface area contributed by atoms with E-state index in [0.717, 1.165) is 38.3 Å². The summed E-state index contributed by atoms with van der Waals surface area (Å²) in [5, 5.41) is 10.2. The number of aliphatic hydroxyl groups is 1. The van der Waals surface area contributed by atoms with Gasteiger partial charge in [-0.3, -0.25) is 4.90 Å². The molecule has 1 saturated carbocycles. The first-order valence-electron chi connectivity index (χ1n) is 9.14. The molecule has 1 aliphatic heterocycles. The molecule has 2 aliphatic rings. The predicted octanol–water partition coefficient (Wildman–Crippen LogP) is 2.51. The van der Waals surface area contributed by atoms with E-state index in [1.807, 2.05) is 12.1 Å². The molecule has 2 fully saturated rings. The fourth-order valence-corrected chi connectivity index (χ4v) is 3.78. The van der Waals surface area contributed by atoms with Crippen LogP contribution in [0.3, 0.4) is 0 Å². The second-order valence-electron chi connectivity index (χ2n) is 7.20. The van der Waals surface area contributed by atoms with E-state index in [1.165, 1.54) is 25.0 Å². The summed E-state index contributed by atoms with van der Waals surface area (Å²) in [6.07, 6.45) is 3.52. The smallest absolute Gasteiger partial charge is 0.123 e. The molecule has 134 valence electrons. The zero-order chi connectivity index (χ0) is 16.9. The van der Waals surface area contributed by atoms with Gasteiger partial charge in [-0.2, -0.15) is 0 Å². The van der Waals surface area contributed by atoms with Gasteiger partial charge >= 0.3 is 0 Å². The van der Waals surface area contributed by atoms with Gasteiger partial charge in [0.2, 0.25) is 0 Å². The Morgan fingerprint density at radius 3 is 2.50 bits per heavy atom. The Hall–Kier alpha value is -1.17. The number of anilines is 1. The topological polar surface area (TPSA) is 35.9 Å². The molecule has 3 rings (SSSR count). The molecule has 5 heteroatoms. The van der Waals surface area contributed by atoms with Crippen LogP contribution in [0.4, 0.5) is 10.1 Å². The van der Waals surface area contributed by atoms with Crippen LogP contribution in [0, 0.1) is 11.7 Å². The maximum atomic E-state index is 13.0. The van der Waals surface area contributed by atoms with Gasteiger partial charge in [0, 0.05) is 38.4 Å². The molecule has 1 saturated heterocycles. The van der Waals surface area contributed by atoms with Crippen molar-refractivity contribution in [2.24, 2.45) is 5.92 Å². The molecule has 24 heavy (non-hydrogen) atoms. The summed E-state index contributed by atoms with van der Waals surface area (Å²) in [6, 6.07) is 6.67. The average Bonchev–Trinajstić information content (AvgIpc) is 3.00. The van der Waals surface area contributed by atoms with Gasteiger partial charge in [-0.05, 0) is 43.0 Å². The number of hydrogen-bond donors (Lipinski definition) is 1. The van der Waals surface area contributed by atoms with Crippen LogP contribution in [0.25, 0.3) is 0 Å². The lowest BCUT2D eigenvalue weighted by Gasteiger charge is -2.37. The predicted molar refractivity (Wildman–Crippen MR) is 93.8 cm³/mol. The highest BCUT2D eigenvalue weighted by Crippen LogP contribution is 2.27. The summed E-state index contributed by atoms with van der Waals surface area (Å²) in [7, 11) is 0. The van der Waals surface area contributed by atoms with Gasteiger partial charge in [0.25, 0.3) is 0 Å².